The Hall–Kier alpha value is -1.27. The van der Waals surface area contributed by atoms with Crippen molar-refractivity contribution >= 4 is 23.0 Å². The van der Waals surface area contributed by atoms with Crippen LogP contribution in [0.4, 0.5) is 5.82 Å². The molecule has 0 unspecified atom stereocenters. The van der Waals surface area contributed by atoms with Gasteiger partial charge in [-0.1, -0.05) is 18.6 Å². The first-order valence-corrected chi connectivity index (χ1v) is 8.81. The van der Waals surface area contributed by atoms with Gasteiger partial charge in [0.25, 0.3) is 0 Å². The maximum atomic E-state index is 5.49. The molecule has 22 heavy (non-hydrogen) atoms. The molecule has 120 valence electrons. The van der Waals surface area contributed by atoms with E-state index in [0.717, 1.165) is 44.4 Å². The second-order valence-electron chi connectivity index (χ2n) is 6.15. The molecule has 1 aromatic rings. The minimum absolute atomic E-state index is 0.705. The average molecular weight is 319 g/mol. The molecule has 1 N–H and O–H groups in total. The Kier molecular flexibility index (Phi) is 5.56. The Morgan fingerprint density at radius 2 is 1.68 bits per heavy atom. The van der Waals surface area contributed by atoms with E-state index >= 15 is 0 Å². The maximum absolute atomic E-state index is 5.49. The van der Waals surface area contributed by atoms with Crippen LogP contribution in [0.2, 0.25) is 0 Å². The van der Waals surface area contributed by atoms with Gasteiger partial charge in [-0.2, -0.15) is 0 Å². The number of rotatable bonds is 4. The van der Waals surface area contributed by atoms with Crippen LogP contribution in [0, 0.1) is 0 Å². The van der Waals surface area contributed by atoms with Crippen LogP contribution in [0.5, 0.6) is 0 Å². The topological polar surface area (TPSA) is 44.3 Å². The van der Waals surface area contributed by atoms with Gasteiger partial charge >= 0.3 is 0 Å². The van der Waals surface area contributed by atoms with Gasteiger partial charge in [0.2, 0.25) is 0 Å². The van der Waals surface area contributed by atoms with Crippen LogP contribution in [0.1, 0.15) is 44.2 Å². The number of anilines is 1. The summed E-state index contributed by atoms with van der Waals surface area (Å²) in [5.74, 6) is 0.958. The molecule has 5 nitrogen and oxygen atoms in total. The van der Waals surface area contributed by atoms with Crippen molar-refractivity contribution in [3.05, 3.63) is 18.1 Å². The maximum Gasteiger partial charge on any atom is 0.147 e. The molecule has 2 aliphatic rings. The van der Waals surface area contributed by atoms with Gasteiger partial charge in [0.15, 0.2) is 0 Å². The van der Waals surface area contributed by atoms with Crippen LogP contribution in [-0.4, -0.2) is 52.7 Å². The predicted molar refractivity (Wildman–Crippen MR) is 93.2 cm³/mol. The Morgan fingerprint density at radius 1 is 1.00 bits per heavy atom. The highest BCUT2D eigenvalue weighted by molar-refractivity contribution is 7.80. The molecule has 3 heterocycles. The van der Waals surface area contributed by atoms with Gasteiger partial charge in [0.1, 0.15) is 16.5 Å². The summed E-state index contributed by atoms with van der Waals surface area (Å²) in [6.07, 6.45) is 11.3. The highest BCUT2D eigenvalue weighted by Gasteiger charge is 2.15. The molecule has 0 bridgehead atoms. The van der Waals surface area contributed by atoms with Gasteiger partial charge in [-0.05, 0) is 45.2 Å². The SMILES string of the molecule is S=C(NCN1CCCCC1)c1cncc(N2CCCCC2)n1. The quantitative estimate of drug-likeness (QED) is 0.858. The fraction of sp³-hybridized carbons (Fsp3) is 0.688. The third-order valence-corrected chi connectivity index (χ3v) is 4.80. The molecule has 0 aliphatic carbocycles. The molecule has 6 heteroatoms. The summed E-state index contributed by atoms with van der Waals surface area (Å²) in [4.78, 5) is 14.5. The molecule has 0 saturated carbocycles. The van der Waals surface area contributed by atoms with Crippen LogP contribution in [0.15, 0.2) is 12.4 Å². The van der Waals surface area contributed by atoms with Crippen molar-refractivity contribution in [2.24, 2.45) is 0 Å². The highest BCUT2D eigenvalue weighted by atomic mass is 32.1. The fourth-order valence-corrected chi connectivity index (χ4v) is 3.30. The minimum atomic E-state index is 0.705. The van der Waals surface area contributed by atoms with Crippen molar-refractivity contribution in [1.82, 2.24) is 20.2 Å². The van der Waals surface area contributed by atoms with E-state index in [1.165, 1.54) is 38.5 Å². The summed E-state index contributed by atoms with van der Waals surface area (Å²) >= 11 is 5.49. The summed E-state index contributed by atoms with van der Waals surface area (Å²) in [5, 5.41) is 3.34. The second-order valence-corrected chi connectivity index (χ2v) is 6.56. The van der Waals surface area contributed by atoms with Crippen molar-refractivity contribution in [2.75, 3.05) is 37.7 Å². The number of hydrogen-bond acceptors (Lipinski definition) is 5. The summed E-state index contributed by atoms with van der Waals surface area (Å²) in [6.45, 7) is 5.29. The van der Waals surface area contributed by atoms with Gasteiger partial charge < -0.3 is 10.2 Å². The molecule has 0 atom stereocenters. The zero-order valence-electron chi connectivity index (χ0n) is 13.1. The fourth-order valence-electron chi connectivity index (χ4n) is 3.13. The smallest absolute Gasteiger partial charge is 0.147 e. The van der Waals surface area contributed by atoms with E-state index in [-0.39, 0.29) is 0 Å². The Morgan fingerprint density at radius 3 is 2.41 bits per heavy atom. The largest absolute Gasteiger partial charge is 0.362 e. The molecule has 0 amide bonds. The molecular weight excluding hydrogens is 294 g/mol. The molecule has 2 saturated heterocycles. The average Bonchev–Trinajstić information content (AvgIpc) is 2.61. The van der Waals surface area contributed by atoms with Crippen LogP contribution in [0.3, 0.4) is 0 Å². The van der Waals surface area contributed by atoms with Crippen molar-refractivity contribution in [1.29, 1.82) is 0 Å². The molecule has 0 radical (unpaired) electrons. The predicted octanol–water partition coefficient (Wildman–Crippen LogP) is 2.18. The third kappa shape index (κ3) is 4.14. The van der Waals surface area contributed by atoms with Crippen molar-refractivity contribution < 1.29 is 0 Å². The van der Waals surface area contributed by atoms with E-state index in [0.29, 0.717) is 4.99 Å². The van der Waals surface area contributed by atoms with E-state index in [1.54, 1.807) is 6.20 Å². The first-order valence-electron chi connectivity index (χ1n) is 8.40. The number of thiocarbonyl (C=S) groups is 1. The first-order chi connectivity index (χ1) is 10.8. The molecule has 3 rings (SSSR count). The highest BCUT2D eigenvalue weighted by Crippen LogP contribution is 2.16. The van der Waals surface area contributed by atoms with Gasteiger partial charge in [-0.25, -0.2) is 4.98 Å². The standard InChI is InChI=1S/C16H25N5S/c22-16(18-13-20-7-3-1-4-8-20)14-11-17-12-15(19-14)21-9-5-2-6-10-21/h11-12H,1-10,13H2,(H,18,22). The second kappa shape index (κ2) is 7.83. The molecule has 2 fully saturated rings. The number of aromatic nitrogens is 2. The minimum Gasteiger partial charge on any atom is -0.362 e. The first kappa shape index (κ1) is 15.6. The van der Waals surface area contributed by atoms with Gasteiger partial charge in [-0.15, -0.1) is 0 Å². The van der Waals surface area contributed by atoms with E-state index < -0.39 is 0 Å². The molecule has 0 spiro atoms. The molecule has 0 aromatic carbocycles. The van der Waals surface area contributed by atoms with Gasteiger partial charge in [0.05, 0.1) is 19.1 Å². The van der Waals surface area contributed by atoms with Crippen LogP contribution >= 0.6 is 12.2 Å². The lowest BCUT2D eigenvalue weighted by Gasteiger charge is -2.28. The van der Waals surface area contributed by atoms with E-state index in [1.807, 2.05) is 6.20 Å². The Bertz CT molecular complexity index is 495. The van der Waals surface area contributed by atoms with Crippen LogP contribution in [0.25, 0.3) is 0 Å². The molecular formula is C16H25N5S. The lowest BCUT2D eigenvalue weighted by Crippen LogP contribution is -2.40. The van der Waals surface area contributed by atoms with Crippen molar-refractivity contribution in [3.8, 4) is 0 Å². The zero-order valence-corrected chi connectivity index (χ0v) is 13.9. The number of likely N-dealkylation sites (tertiary alicyclic amines) is 1. The number of hydrogen-bond donors (Lipinski definition) is 1. The Labute approximate surface area is 138 Å². The molecule has 1 aromatic heterocycles. The summed E-state index contributed by atoms with van der Waals surface area (Å²) in [7, 11) is 0. The molecule has 2 aliphatic heterocycles. The summed E-state index contributed by atoms with van der Waals surface area (Å²) in [5.41, 5.74) is 0.787. The van der Waals surface area contributed by atoms with Gasteiger partial charge in [-0.3, -0.25) is 9.88 Å². The third-order valence-electron chi connectivity index (χ3n) is 4.45. The Balaban J connectivity index is 1.57. The monoisotopic (exact) mass is 319 g/mol. The normalized spacial score (nSPS) is 19.9. The van der Waals surface area contributed by atoms with E-state index in [2.05, 4.69) is 20.1 Å². The van der Waals surface area contributed by atoms with Crippen LogP contribution < -0.4 is 10.2 Å². The zero-order chi connectivity index (χ0) is 15.2. The lowest BCUT2D eigenvalue weighted by molar-refractivity contribution is 0.225. The van der Waals surface area contributed by atoms with Crippen LogP contribution in [-0.2, 0) is 0 Å². The van der Waals surface area contributed by atoms with Gasteiger partial charge in [0, 0.05) is 13.1 Å². The van der Waals surface area contributed by atoms with Crippen molar-refractivity contribution in [3.63, 3.8) is 0 Å². The van der Waals surface area contributed by atoms with Crippen molar-refractivity contribution in [2.45, 2.75) is 38.5 Å². The summed E-state index contributed by atoms with van der Waals surface area (Å²) in [6, 6.07) is 0. The van der Waals surface area contributed by atoms with E-state index in [9.17, 15) is 0 Å². The number of nitrogens with one attached hydrogen (secondary N) is 1. The number of nitrogens with zero attached hydrogens (tertiary/aromatic N) is 4. The van der Waals surface area contributed by atoms with E-state index in [4.69, 9.17) is 17.2 Å². The number of piperidine rings is 2. The summed E-state index contributed by atoms with van der Waals surface area (Å²) < 4.78 is 0. The lowest BCUT2D eigenvalue weighted by atomic mass is 10.1.